The Morgan fingerprint density at radius 2 is 1.67 bits per heavy atom. The van der Waals surface area contributed by atoms with Gasteiger partial charge in [-0.3, -0.25) is 0 Å². The molecule has 0 saturated heterocycles. The van der Waals surface area contributed by atoms with Crippen LogP contribution in [0.25, 0.3) is 11.1 Å². The Morgan fingerprint density at radius 3 is 2.28 bits per heavy atom. The molecule has 2 aromatic carbocycles. The van der Waals surface area contributed by atoms with Gasteiger partial charge in [-0.25, -0.2) is 8.78 Å². The van der Waals surface area contributed by atoms with Crippen LogP contribution in [0, 0.1) is 25.5 Å². The Morgan fingerprint density at radius 1 is 1.00 bits per heavy atom. The minimum Gasteiger partial charge on any atom is -0.507 e. The molecule has 0 radical (unpaired) electrons. The van der Waals surface area contributed by atoms with Gasteiger partial charge in [-0.05, 0) is 37.1 Å². The minimum atomic E-state index is -0.733. The molecule has 1 nitrogen and oxygen atoms in total. The van der Waals surface area contributed by atoms with Crippen LogP contribution in [0.2, 0.25) is 5.02 Å². The monoisotopic (exact) mass is 268 g/mol. The van der Waals surface area contributed by atoms with E-state index in [1.165, 1.54) is 12.1 Å². The summed E-state index contributed by atoms with van der Waals surface area (Å²) in [6, 6.07) is 5.26. The molecule has 0 aliphatic rings. The lowest BCUT2D eigenvalue weighted by molar-refractivity contribution is 0.470. The van der Waals surface area contributed by atoms with Gasteiger partial charge in [0.1, 0.15) is 17.4 Å². The quantitative estimate of drug-likeness (QED) is 0.801. The predicted molar refractivity (Wildman–Crippen MR) is 67.9 cm³/mol. The highest BCUT2D eigenvalue weighted by Crippen LogP contribution is 2.37. The van der Waals surface area contributed by atoms with E-state index in [0.29, 0.717) is 5.56 Å². The van der Waals surface area contributed by atoms with Gasteiger partial charge < -0.3 is 5.11 Å². The van der Waals surface area contributed by atoms with Crippen molar-refractivity contribution in [1.29, 1.82) is 0 Å². The third kappa shape index (κ3) is 2.18. The molecule has 0 spiro atoms. The lowest BCUT2D eigenvalue weighted by atomic mass is 9.97. The molecule has 0 fully saturated rings. The third-order valence-corrected chi connectivity index (χ3v) is 3.03. The molecule has 0 heterocycles. The number of aromatic hydroxyl groups is 1. The molecule has 0 atom stereocenters. The first kappa shape index (κ1) is 12.8. The summed E-state index contributed by atoms with van der Waals surface area (Å²) in [4.78, 5) is 0. The number of phenols is 1. The van der Waals surface area contributed by atoms with E-state index in [1.54, 1.807) is 19.9 Å². The van der Waals surface area contributed by atoms with Crippen LogP contribution in [0.15, 0.2) is 24.3 Å². The van der Waals surface area contributed by atoms with Crippen LogP contribution in [0.3, 0.4) is 0 Å². The molecule has 0 amide bonds. The average Bonchev–Trinajstić information content (AvgIpc) is 2.24. The molecule has 0 bridgehead atoms. The van der Waals surface area contributed by atoms with E-state index in [4.69, 9.17) is 11.6 Å². The third-order valence-electron chi connectivity index (χ3n) is 2.74. The van der Waals surface area contributed by atoms with E-state index in [2.05, 4.69) is 0 Å². The highest BCUT2D eigenvalue weighted by atomic mass is 35.5. The van der Waals surface area contributed by atoms with Gasteiger partial charge in [0.05, 0.1) is 5.02 Å². The van der Waals surface area contributed by atoms with Gasteiger partial charge in [-0.2, -0.15) is 0 Å². The van der Waals surface area contributed by atoms with Gasteiger partial charge in [0.25, 0.3) is 0 Å². The molecule has 1 N–H and O–H groups in total. The number of halogens is 3. The Labute approximate surface area is 109 Å². The molecular formula is C14H11ClF2O. The van der Waals surface area contributed by atoms with E-state index >= 15 is 0 Å². The number of hydrogen-bond acceptors (Lipinski definition) is 1. The summed E-state index contributed by atoms with van der Waals surface area (Å²) in [6.45, 7) is 3.50. The van der Waals surface area contributed by atoms with Crippen LogP contribution >= 0.6 is 11.6 Å². The molecule has 94 valence electrons. The summed E-state index contributed by atoms with van der Waals surface area (Å²) >= 11 is 5.66. The molecule has 0 unspecified atom stereocenters. The average molecular weight is 269 g/mol. The first-order chi connectivity index (χ1) is 8.40. The SMILES string of the molecule is Cc1cc(C)c(-c2cc(Cl)c(F)cc2O)c(F)c1. The van der Waals surface area contributed by atoms with E-state index in [0.717, 1.165) is 11.6 Å². The van der Waals surface area contributed by atoms with Crippen LogP contribution in [0.1, 0.15) is 11.1 Å². The second-order valence-electron chi connectivity index (χ2n) is 4.22. The van der Waals surface area contributed by atoms with Crippen molar-refractivity contribution in [3.8, 4) is 16.9 Å². The van der Waals surface area contributed by atoms with Crippen LogP contribution in [0.5, 0.6) is 5.75 Å². The van der Waals surface area contributed by atoms with E-state index in [-0.39, 0.29) is 21.9 Å². The minimum absolute atomic E-state index is 0.151. The fourth-order valence-electron chi connectivity index (χ4n) is 1.99. The topological polar surface area (TPSA) is 20.2 Å². The maximum Gasteiger partial charge on any atom is 0.145 e. The Bertz CT molecular complexity index is 600. The van der Waals surface area contributed by atoms with Crippen molar-refractivity contribution < 1.29 is 13.9 Å². The zero-order chi connectivity index (χ0) is 13.4. The summed E-state index contributed by atoms with van der Waals surface area (Å²) in [5.74, 6) is -1.53. The highest BCUT2D eigenvalue weighted by Gasteiger charge is 2.15. The van der Waals surface area contributed by atoms with Crippen LogP contribution < -0.4 is 0 Å². The summed E-state index contributed by atoms with van der Waals surface area (Å²) in [6.07, 6.45) is 0. The molecular weight excluding hydrogens is 258 g/mol. The molecule has 0 saturated carbocycles. The number of rotatable bonds is 1. The van der Waals surface area contributed by atoms with Crippen molar-refractivity contribution in [3.63, 3.8) is 0 Å². The van der Waals surface area contributed by atoms with Crippen molar-refractivity contribution in [3.05, 3.63) is 52.0 Å². The molecule has 0 aromatic heterocycles. The van der Waals surface area contributed by atoms with Crippen molar-refractivity contribution in [2.24, 2.45) is 0 Å². The number of phenolic OH excluding ortho intramolecular Hbond substituents is 1. The van der Waals surface area contributed by atoms with Gasteiger partial charge in [-0.1, -0.05) is 17.7 Å². The standard InChI is InChI=1S/C14H11ClF2O/c1-7-3-8(2)14(12(17)4-7)9-5-10(15)11(16)6-13(9)18/h3-6,18H,1-2H3. The highest BCUT2D eigenvalue weighted by molar-refractivity contribution is 6.31. The van der Waals surface area contributed by atoms with Gasteiger partial charge in [0.15, 0.2) is 0 Å². The number of hydrogen-bond donors (Lipinski definition) is 1. The second kappa shape index (κ2) is 4.58. The van der Waals surface area contributed by atoms with Gasteiger partial charge in [-0.15, -0.1) is 0 Å². The van der Waals surface area contributed by atoms with E-state index in [1.807, 2.05) is 0 Å². The van der Waals surface area contributed by atoms with Crippen LogP contribution in [-0.4, -0.2) is 5.11 Å². The van der Waals surface area contributed by atoms with Crippen LogP contribution in [-0.2, 0) is 0 Å². The fourth-order valence-corrected chi connectivity index (χ4v) is 2.16. The normalized spacial score (nSPS) is 10.7. The largest absolute Gasteiger partial charge is 0.507 e. The zero-order valence-electron chi connectivity index (χ0n) is 9.89. The number of benzene rings is 2. The van der Waals surface area contributed by atoms with Gasteiger partial charge >= 0.3 is 0 Å². The summed E-state index contributed by atoms with van der Waals surface area (Å²) in [7, 11) is 0. The molecule has 4 heteroatoms. The van der Waals surface area contributed by atoms with Gasteiger partial charge in [0.2, 0.25) is 0 Å². The maximum atomic E-state index is 14.0. The number of aryl methyl sites for hydroxylation is 2. The fraction of sp³-hybridized carbons (Fsp3) is 0.143. The molecule has 18 heavy (non-hydrogen) atoms. The Balaban J connectivity index is 2.73. The van der Waals surface area contributed by atoms with Crippen LogP contribution in [0.4, 0.5) is 8.78 Å². The van der Waals surface area contributed by atoms with Crippen molar-refractivity contribution in [1.82, 2.24) is 0 Å². The van der Waals surface area contributed by atoms with Gasteiger partial charge in [0, 0.05) is 17.2 Å². The van der Waals surface area contributed by atoms with Crippen molar-refractivity contribution in [2.45, 2.75) is 13.8 Å². The smallest absolute Gasteiger partial charge is 0.145 e. The second-order valence-corrected chi connectivity index (χ2v) is 4.63. The summed E-state index contributed by atoms with van der Waals surface area (Å²) in [5.41, 5.74) is 1.86. The van der Waals surface area contributed by atoms with E-state index in [9.17, 15) is 13.9 Å². The lowest BCUT2D eigenvalue weighted by Gasteiger charge is -2.11. The molecule has 0 aliphatic carbocycles. The first-order valence-electron chi connectivity index (χ1n) is 5.35. The van der Waals surface area contributed by atoms with Crippen molar-refractivity contribution in [2.75, 3.05) is 0 Å². The Kier molecular flexibility index (Phi) is 3.26. The van der Waals surface area contributed by atoms with E-state index < -0.39 is 11.6 Å². The molecule has 2 rings (SSSR count). The first-order valence-corrected chi connectivity index (χ1v) is 5.73. The molecule has 2 aromatic rings. The van der Waals surface area contributed by atoms with Crippen molar-refractivity contribution >= 4 is 11.6 Å². The predicted octanol–water partition coefficient (Wildman–Crippen LogP) is 4.61. The molecule has 0 aliphatic heterocycles. The zero-order valence-corrected chi connectivity index (χ0v) is 10.6. The lowest BCUT2D eigenvalue weighted by Crippen LogP contribution is -1.92. The summed E-state index contributed by atoms with van der Waals surface area (Å²) < 4.78 is 27.1. The maximum absolute atomic E-state index is 14.0. The Hall–Kier alpha value is -1.61. The summed E-state index contributed by atoms with van der Waals surface area (Å²) in [5, 5.41) is 9.57.